The van der Waals surface area contributed by atoms with Crippen LogP contribution in [-0.4, -0.2) is 29.4 Å². The molecule has 0 aromatic heterocycles. The summed E-state index contributed by atoms with van der Waals surface area (Å²) >= 11 is 0. The fourth-order valence-electron chi connectivity index (χ4n) is 2.90. The Kier molecular flexibility index (Phi) is 4.83. The van der Waals surface area contributed by atoms with Gasteiger partial charge in [0.2, 0.25) is 0 Å². The smallest absolute Gasteiger partial charge is 0.0807 e. The summed E-state index contributed by atoms with van der Waals surface area (Å²) in [5, 5.41) is 19.8. The van der Waals surface area contributed by atoms with Gasteiger partial charge in [0.1, 0.15) is 0 Å². The van der Waals surface area contributed by atoms with Gasteiger partial charge in [0, 0.05) is 24.3 Å². The Morgan fingerprint density at radius 2 is 1.84 bits per heavy atom. The molecule has 1 aromatic carbocycles. The fourth-order valence-corrected chi connectivity index (χ4v) is 2.90. The average molecular weight is 263 g/mol. The quantitative estimate of drug-likeness (QED) is 0.878. The van der Waals surface area contributed by atoms with Crippen LogP contribution in [0.4, 0.5) is 5.69 Å². The second kappa shape index (κ2) is 6.40. The normalized spacial score (nSPS) is 20.3. The third kappa shape index (κ3) is 3.28. The van der Waals surface area contributed by atoms with Crippen molar-refractivity contribution in [1.29, 1.82) is 0 Å². The summed E-state index contributed by atoms with van der Waals surface area (Å²) in [5.41, 5.74) is 2.18. The first kappa shape index (κ1) is 14.4. The molecule has 2 N–H and O–H groups in total. The summed E-state index contributed by atoms with van der Waals surface area (Å²) in [6.07, 6.45) is 2.19. The van der Waals surface area contributed by atoms with Crippen molar-refractivity contribution >= 4 is 5.69 Å². The lowest BCUT2D eigenvalue weighted by molar-refractivity contribution is 0.109. The number of benzene rings is 1. The number of anilines is 1. The van der Waals surface area contributed by atoms with Gasteiger partial charge in [-0.3, -0.25) is 0 Å². The summed E-state index contributed by atoms with van der Waals surface area (Å²) in [5.74, 6) is 0.416. The highest BCUT2D eigenvalue weighted by Crippen LogP contribution is 2.31. The maximum atomic E-state index is 10.1. The van der Waals surface area contributed by atoms with Crippen molar-refractivity contribution in [2.24, 2.45) is 5.92 Å². The molecule has 3 nitrogen and oxygen atoms in total. The molecule has 1 fully saturated rings. The second-order valence-electron chi connectivity index (χ2n) is 5.55. The zero-order chi connectivity index (χ0) is 13.8. The second-order valence-corrected chi connectivity index (χ2v) is 5.55. The Hall–Kier alpha value is -1.06. The molecule has 1 aliphatic rings. The molecule has 0 saturated carbocycles. The summed E-state index contributed by atoms with van der Waals surface area (Å²) in [4.78, 5) is 2.34. The fraction of sp³-hybridized carbons (Fsp3) is 0.625. The lowest BCUT2D eigenvalue weighted by Crippen LogP contribution is -2.37. The van der Waals surface area contributed by atoms with Crippen molar-refractivity contribution in [2.45, 2.75) is 45.3 Å². The van der Waals surface area contributed by atoms with E-state index in [1.807, 2.05) is 32.0 Å². The summed E-state index contributed by atoms with van der Waals surface area (Å²) < 4.78 is 0. The first-order valence-electron chi connectivity index (χ1n) is 7.33. The minimum Gasteiger partial charge on any atom is -0.393 e. The van der Waals surface area contributed by atoms with Gasteiger partial charge in [-0.25, -0.2) is 0 Å². The number of aliphatic hydroxyl groups excluding tert-OH is 2. The first-order chi connectivity index (χ1) is 9.13. The third-order valence-electron chi connectivity index (χ3n) is 4.24. The third-order valence-corrected chi connectivity index (χ3v) is 4.24. The number of hydrogen-bond donors (Lipinski definition) is 2. The molecule has 0 aliphatic carbocycles. The molecule has 1 saturated heterocycles. The van der Waals surface area contributed by atoms with Crippen LogP contribution in [0.3, 0.4) is 0 Å². The maximum absolute atomic E-state index is 10.1. The molecule has 0 amide bonds. The van der Waals surface area contributed by atoms with Crippen molar-refractivity contribution in [3.05, 3.63) is 29.8 Å². The predicted octanol–water partition coefficient (Wildman–Crippen LogP) is 2.73. The highest BCUT2D eigenvalue weighted by Gasteiger charge is 2.24. The summed E-state index contributed by atoms with van der Waals surface area (Å²) in [7, 11) is 0. The molecule has 19 heavy (non-hydrogen) atoms. The Bertz CT molecular complexity index is 397. The van der Waals surface area contributed by atoms with Crippen LogP contribution in [0.1, 0.15) is 44.8 Å². The lowest BCUT2D eigenvalue weighted by atomic mass is 9.91. The number of hydrogen-bond acceptors (Lipinski definition) is 3. The van der Waals surface area contributed by atoms with Gasteiger partial charge in [0.25, 0.3) is 0 Å². The molecule has 1 aliphatic heterocycles. The molecule has 2 unspecified atom stereocenters. The Morgan fingerprint density at radius 1 is 1.21 bits per heavy atom. The molecule has 2 atom stereocenters. The molecular formula is C16H25NO2. The van der Waals surface area contributed by atoms with Crippen molar-refractivity contribution < 1.29 is 10.2 Å². The van der Waals surface area contributed by atoms with E-state index in [0.29, 0.717) is 5.92 Å². The van der Waals surface area contributed by atoms with E-state index in [1.54, 1.807) is 0 Å². The molecule has 3 heteroatoms. The van der Waals surface area contributed by atoms with Gasteiger partial charge >= 0.3 is 0 Å². The maximum Gasteiger partial charge on any atom is 0.0807 e. The molecule has 1 heterocycles. The predicted molar refractivity (Wildman–Crippen MR) is 78.3 cm³/mol. The highest BCUT2D eigenvalue weighted by atomic mass is 16.3. The van der Waals surface area contributed by atoms with Crippen LogP contribution in [0.2, 0.25) is 0 Å². The molecule has 0 bridgehead atoms. The van der Waals surface area contributed by atoms with Crippen molar-refractivity contribution in [3.63, 3.8) is 0 Å². The van der Waals surface area contributed by atoms with E-state index < -0.39 is 0 Å². The average Bonchev–Trinajstić information content (AvgIpc) is 2.46. The van der Waals surface area contributed by atoms with Gasteiger partial charge in [0.05, 0.1) is 12.2 Å². The zero-order valence-electron chi connectivity index (χ0n) is 11.9. The van der Waals surface area contributed by atoms with E-state index in [4.69, 9.17) is 0 Å². The molecule has 1 aromatic rings. The summed E-state index contributed by atoms with van der Waals surface area (Å²) in [6.45, 7) is 5.81. The van der Waals surface area contributed by atoms with E-state index in [1.165, 1.54) is 0 Å². The van der Waals surface area contributed by atoms with Gasteiger partial charge in [-0.15, -0.1) is 0 Å². The van der Waals surface area contributed by atoms with Crippen LogP contribution in [-0.2, 0) is 0 Å². The minimum atomic E-state index is -0.384. The monoisotopic (exact) mass is 263 g/mol. The van der Waals surface area contributed by atoms with Gasteiger partial charge < -0.3 is 15.1 Å². The van der Waals surface area contributed by atoms with E-state index in [0.717, 1.165) is 43.6 Å². The highest BCUT2D eigenvalue weighted by molar-refractivity contribution is 5.54. The minimum absolute atomic E-state index is 0.210. The Balaban J connectivity index is 2.11. The first-order valence-corrected chi connectivity index (χ1v) is 7.33. The van der Waals surface area contributed by atoms with Gasteiger partial charge in [-0.1, -0.05) is 25.1 Å². The number of para-hydroxylation sites is 1. The lowest BCUT2D eigenvalue weighted by Gasteiger charge is -2.36. The van der Waals surface area contributed by atoms with Gasteiger partial charge in [-0.2, -0.15) is 0 Å². The SMILES string of the molecule is CCC(O)c1ccccc1N1CCC(C(C)O)CC1. The van der Waals surface area contributed by atoms with Crippen LogP contribution < -0.4 is 4.90 Å². The van der Waals surface area contributed by atoms with Crippen LogP contribution in [0, 0.1) is 5.92 Å². The summed E-state index contributed by atoms with van der Waals surface area (Å²) in [6, 6.07) is 8.13. The van der Waals surface area contributed by atoms with Gasteiger partial charge in [0.15, 0.2) is 0 Å². The number of aliphatic hydroxyl groups is 2. The van der Waals surface area contributed by atoms with Crippen LogP contribution >= 0.6 is 0 Å². The number of rotatable bonds is 4. The molecule has 0 radical (unpaired) electrons. The van der Waals surface area contributed by atoms with E-state index in [9.17, 15) is 10.2 Å². The van der Waals surface area contributed by atoms with E-state index in [-0.39, 0.29) is 12.2 Å². The van der Waals surface area contributed by atoms with Crippen LogP contribution in [0.5, 0.6) is 0 Å². The molecule has 0 spiro atoms. The number of piperidine rings is 1. The molecular weight excluding hydrogens is 238 g/mol. The van der Waals surface area contributed by atoms with Crippen molar-refractivity contribution in [3.8, 4) is 0 Å². The largest absolute Gasteiger partial charge is 0.393 e. The van der Waals surface area contributed by atoms with Crippen molar-refractivity contribution in [2.75, 3.05) is 18.0 Å². The number of nitrogens with zero attached hydrogens (tertiary/aromatic N) is 1. The van der Waals surface area contributed by atoms with Gasteiger partial charge in [-0.05, 0) is 38.2 Å². The zero-order valence-corrected chi connectivity index (χ0v) is 11.9. The Morgan fingerprint density at radius 3 is 2.42 bits per heavy atom. The topological polar surface area (TPSA) is 43.7 Å². The van der Waals surface area contributed by atoms with Crippen LogP contribution in [0.25, 0.3) is 0 Å². The van der Waals surface area contributed by atoms with E-state index >= 15 is 0 Å². The van der Waals surface area contributed by atoms with Crippen LogP contribution in [0.15, 0.2) is 24.3 Å². The standard InChI is InChI=1S/C16H25NO2/c1-3-16(19)14-6-4-5-7-15(14)17-10-8-13(9-11-17)12(2)18/h4-7,12-13,16,18-19H,3,8-11H2,1-2H3. The van der Waals surface area contributed by atoms with Crippen molar-refractivity contribution in [1.82, 2.24) is 0 Å². The Labute approximate surface area is 115 Å². The van der Waals surface area contributed by atoms with E-state index in [2.05, 4.69) is 11.0 Å². The molecule has 106 valence electrons. The molecule has 2 rings (SSSR count).